The normalized spacial score (nSPS) is 13.1. The van der Waals surface area contributed by atoms with Crippen LogP contribution in [0.3, 0.4) is 0 Å². The summed E-state index contributed by atoms with van der Waals surface area (Å²) in [6.45, 7) is 3.29. The lowest BCUT2D eigenvalue weighted by atomic mass is 10.1. The minimum absolute atomic E-state index is 0.01000. The number of carbonyl (C=O) groups is 2. The molecule has 3 rings (SSSR count). The van der Waals surface area contributed by atoms with Gasteiger partial charge in [0.2, 0.25) is 0 Å². The summed E-state index contributed by atoms with van der Waals surface area (Å²) >= 11 is 0. The SMILES string of the molecule is C=CC(=O)OCc1c2c3oc1cc3C(=O)O2. The van der Waals surface area contributed by atoms with Crippen molar-refractivity contribution in [1.82, 2.24) is 0 Å². The molecule has 0 aromatic carbocycles. The largest absolute Gasteiger partial charge is 0.457 e. The van der Waals surface area contributed by atoms with Crippen LogP contribution in [0, 0.1) is 0 Å². The van der Waals surface area contributed by atoms with Crippen LogP contribution in [0.1, 0.15) is 15.9 Å². The third-order valence-corrected chi connectivity index (χ3v) is 2.45. The van der Waals surface area contributed by atoms with Crippen LogP contribution in [0.15, 0.2) is 23.1 Å². The maximum atomic E-state index is 11.3. The summed E-state index contributed by atoms with van der Waals surface area (Å²) in [5.41, 5.74) is 1.97. The number of carbonyl (C=O) groups excluding carboxylic acids is 2. The van der Waals surface area contributed by atoms with Gasteiger partial charge in [-0.05, 0) is 6.07 Å². The van der Waals surface area contributed by atoms with E-state index in [9.17, 15) is 9.59 Å². The van der Waals surface area contributed by atoms with Gasteiger partial charge in [-0.25, -0.2) is 9.59 Å². The fourth-order valence-corrected chi connectivity index (χ4v) is 1.70. The second-order valence-corrected chi connectivity index (χ2v) is 3.36. The molecular weight excluding hydrogens is 212 g/mol. The number of benzene rings is 1. The van der Waals surface area contributed by atoms with Crippen LogP contribution in [-0.2, 0) is 16.1 Å². The van der Waals surface area contributed by atoms with Crippen molar-refractivity contribution >= 4 is 23.1 Å². The van der Waals surface area contributed by atoms with Crippen molar-refractivity contribution in [1.29, 1.82) is 0 Å². The molecule has 16 heavy (non-hydrogen) atoms. The Kier molecular flexibility index (Phi) is 1.60. The Morgan fingerprint density at radius 3 is 3.12 bits per heavy atom. The van der Waals surface area contributed by atoms with Crippen molar-refractivity contribution in [3.63, 3.8) is 0 Å². The number of hydrogen-bond acceptors (Lipinski definition) is 5. The van der Waals surface area contributed by atoms with Crippen molar-refractivity contribution in [2.24, 2.45) is 0 Å². The topological polar surface area (TPSA) is 65.7 Å². The first-order chi connectivity index (χ1) is 7.70. The van der Waals surface area contributed by atoms with E-state index in [1.165, 1.54) is 0 Å². The van der Waals surface area contributed by atoms with Gasteiger partial charge in [0, 0.05) is 6.08 Å². The first-order valence-corrected chi connectivity index (χ1v) is 4.60. The fraction of sp³-hybridized carbons (Fsp3) is 0.0909. The summed E-state index contributed by atoms with van der Waals surface area (Å²) in [6, 6.07) is 1.59. The number of fused-ring (bicyclic) bond motifs is 1. The molecule has 0 atom stereocenters. The molecule has 3 heterocycles. The zero-order chi connectivity index (χ0) is 11.3. The Balaban J connectivity index is 1.93. The highest BCUT2D eigenvalue weighted by Gasteiger charge is 2.34. The zero-order valence-corrected chi connectivity index (χ0v) is 8.11. The number of ether oxygens (including phenoxy) is 2. The minimum Gasteiger partial charge on any atom is -0.457 e. The van der Waals surface area contributed by atoms with E-state index >= 15 is 0 Å². The van der Waals surface area contributed by atoms with Gasteiger partial charge in [0.15, 0.2) is 11.3 Å². The van der Waals surface area contributed by atoms with Crippen LogP contribution in [0.5, 0.6) is 5.75 Å². The molecule has 0 fully saturated rings. The molecule has 0 spiro atoms. The van der Waals surface area contributed by atoms with Gasteiger partial charge in [-0.1, -0.05) is 6.58 Å². The van der Waals surface area contributed by atoms with Gasteiger partial charge in [0.25, 0.3) is 0 Å². The summed E-state index contributed by atoms with van der Waals surface area (Å²) in [6.07, 6.45) is 1.07. The van der Waals surface area contributed by atoms with E-state index in [2.05, 4.69) is 6.58 Å². The molecule has 2 aromatic rings. The summed E-state index contributed by atoms with van der Waals surface area (Å²) in [7, 11) is 0. The third kappa shape index (κ3) is 0.995. The molecule has 5 heteroatoms. The average molecular weight is 218 g/mol. The lowest BCUT2D eigenvalue weighted by Gasteiger charge is -2.00. The lowest BCUT2D eigenvalue weighted by molar-refractivity contribution is -0.138. The summed E-state index contributed by atoms with van der Waals surface area (Å²) in [4.78, 5) is 22.2. The van der Waals surface area contributed by atoms with E-state index in [1.54, 1.807) is 6.07 Å². The number of hydrogen-bond donors (Lipinski definition) is 0. The molecular formula is C11H6O5. The Labute approximate surface area is 89.6 Å². The molecule has 1 aliphatic rings. The van der Waals surface area contributed by atoms with Crippen molar-refractivity contribution in [3.05, 3.63) is 29.8 Å². The Bertz CT molecular complexity index is 607. The summed E-state index contributed by atoms with van der Waals surface area (Å²) in [5.74, 6) is -0.589. The van der Waals surface area contributed by atoms with Gasteiger partial charge in [0.1, 0.15) is 17.8 Å². The summed E-state index contributed by atoms with van der Waals surface area (Å²) in [5, 5.41) is 0. The van der Waals surface area contributed by atoms with Crippen LogP contribution in [0.2, 0.25) is 0 Å². The monoisotopic (exact) mass is 218 g/mol. The molecule has 1 aliphatic heterocycles. The van der Waals surface area contributed by atoms with E-state index in [0.717, 1.165) is 6.08 Å². The maximum absolute atomic E-state index is 11.3. The smallest absolute Gasteiger partial charge is 0.347 e. The predicted molar refractivity (Wildman–Crippen MR) is 52.4 cm³/mol. The van der Waals surface area contributed by atoms with E-state index in [-0.39, 0.29) is 6.61 Å². The number of rotatable bonds is 3. The van der Waals surface area contributed by atoms with E-state index in [0.29, 0.717) is 28.0 Å². The third-order valence-electron chi connectivity index (χ3n) is 2.45. The predicted octanol–water partition coefficient (Wildman–Crippen LogP) is 1.63. The molecule has 0 unspecified atom stereocenters. The van der Waals surface area contributed by atoms with Gasteiger partial charge in [0.05, 0.1) is 5.56 Å². The van der Waals surface area contributed by atoms with Crippen LogP contribution in [-0.4, -0.2) is 11.9 Å². The second kappa shape index (κ2) is 2.85. The van der Waals surface area contributed by atoms with E-state index in [4.69, 9.17) is 13.9 Å². The molecule has 5 nitrogen and oxygen atoms in total. The molecule has 2 bridgehead atoms. The molecule has 0 amide bonds. The highest BCUT2D eigenvalue weighted by Crippen LogP contribution is 2.43. The molecule has 0 saturated carbocycles. The molecule has 0 aliphatic carbocycles. The van der Waals surface area contributed by atoms with Crippen LogP contribution in [0.25, 0.3) is 11.2 Å². The standard InChI is InChI=1S/C11H6O5/c1-2-8(12)14-4-6-7-3-5-9(15-7)10(6)16-11(5)13/h2-3H,1,4H2. The number of esters is 2. The zero-order valence-electron chi connectivity index (χ0n) is 8.11. The van der Waals surface area contributed by atoms with Crippen LogP contribution >= 0.6 is 0 Å². The first kappa shape index (κ1) is 8.96. The maximum Gasteiger partial charge on any atom is 0.347 e. The highest BCUT2D eigenvalue weighted by molar-refractivity contribution is 6.09. The van der Waals surface area contributed by atoms with E-state index < -0.39 is 11.9 Å². The van der Waals surface area contributed by atoms with Crippen LogP contribution in [0.4, 0.5) is 0 Å². The highest BCUT2D eigenvalue weighted by atomic mass is 16.6. The Morgan fingerprint density at radius 1 is 1.56 bits per heavy atom. The van der Waals surface area contributed by atoms with Crippen molar-refractivity contribution in [3.8, 4) is 5.75 Å². The van der Waals surface area contributed by atoms with Crippen molar-refractivity contribution in [2.75, 3.05) is 0 Å². The van der Waals surface area contributed by atoms with Crippen molar-refractivity contribution < 1.29 is 23.5 Å². The molecule has 2 aromatic heterocycles. The second-order valence-electron chi connectivity index (χ2n) is 3.36. The Morgan fingerprint density at radius 2 is 2.38 bits per heavy atom. The van der Waals surface area contributed by atoms with Gasteiger partial charge in [-0.2, -0.15) is 0 Å². The van der Waals surface area contributed by atoms with Crippen molar-refractivity contribution in [2.45, 2.75) is 6.61 Å². The summed E-state index contributed by atoms with van der Waals surface area (Å²) < 4.78 is 15.2. The molecule has 0 N–H and O–H groups in total. The fourth-order valence-electron chi connectivity index (χ4n) is 1.70. The van der Waals surface area contributed by atoms with Gasteiger partial charge >= 0.3 is 11.9 Å². The molecule has 0 radical (unpaired) electrons. The van der Waals surface area contributed by atoms with E-state index in [1.807, 2.05) is 0 Å². The van der Waals surface area contributed by atoms with Gasteiger partial charge < -0.3 is 13.9 Å². The Hall–Kier alpha value is -2.30. The first-order valence-electron chi connectivity index (χ1n) is 4.60. The minimum atomic E-state index is -0.532. The van der Waals surface area contributed by atoms with Crippen LogP contribution < -0.4 is 4.74 Å². The average Bonchev–Trinajstić information content (AvgIpc) is 2.87. The number of furan rings is 2. The quantitative estimate of drug-likeness (QED) is 0.578. The molecule has 80 valence electrons. The van der Waals surface area contributed by atoms with Gasteiger partial charge in [-0.3, -0.25) is 0 Å². The lowest BCUT2D eigenvalue weighted by Crippen LogP contribution is -2.02. The van der Waals surface area contributed by atoms with Gasteiger partial charge in [-0.15, -0.1) is 0 Å². The molecule has 0 saturated heterocycles.